The second kappa shape index (κ2) is 6.19. The molecule has 1 saturated heterocycles. The summed E-state index contributed by atoms with van der Waals surface area (Å²) in [5.41, 5.74) is 0.826. The molecule has 96 valence electrons. The second-order valence-corrected chi connectivity index (χ2v) is 4.41. The summed E-state index contributed by atoms with van der Waals surface area (Å²) in [5, 5.41) is 12.7. The minimum atomic E-state index is -0.377. The number of piperazine rings is 1. The molecule has 1 heterocycles. The lowest BCUT2D eigenvalue weighted by Gasteiger charge is -2.31. The van der Waals surface area contributed by atoms with Crippen LogP contribution in [0.5, 0.6) is 5.75 Å². The number of aromatic hydroxyl groups is 1. The van der Waals surface area contributed by atoms with E-state index in [0.717, 1.165) is 31.3 Å². The van der Waals surface area contributed by atoms with Crippen molar-refractivity contribution in [3.8, 4) is 5.75 Å². The Morgan fingerprint density at radius 3 is 2.88 bits per heavy atom. The number of phenolic OH excluding ortho intramolecular Hbond substituents is 1. The minimum absolute atomic E-state index is 0. The molecule has 1 aliphatic heterocycles. The van der Waals surface area contributed by atoms with E-state index in [1.165, 1.54) is 6.07 Å². The van der Waals surface area contributed by atoms with Gasteiger partial charge in [-0.1, -0.05) is 0 Å². The van der Waals surface area contributed by atoms with Gasteiger partial charge in [-0.3, -0.25) is 4.90 Å². The lowest BCUT2D eigenvalue weighted by atomic mass is 10.1. The summed E-state index contributed by atoms with van der Waals surface area (Å²) in [4.78, 5) is 2.26. The molecule has 1 aliphatic rings. The molecule has 0 spiro atoms. The summed E-state index contributed by atoms with van der Waals surface area (Å²) < 4.78 is 13.1. The number of hydrogen-bond acceptors (Lipinski definition) is 3. The first kappa shape index (κ1) is 14.2. The summed E-state index contributed by atoms with van der Waals surface area (Å²) in [6.45, 7) is 5.70. The van der Waals surface area contributed by atoms with Crippen molar-refractivity contribution in [2.45, 2.75) is 19.5 Å². The van der Waals surface area contributed by atoms with Gasteiger partial charge in [0.25, 0.3) is 0 Å². The number of phenols is 1. The number of nitrogens with zero attached hydrogens (tertiary/aromatic N) is 1. The van der Waals surface area contributed by atoms with E-state index in [-0.39, 0.29) is 24.0 Å². The van der Waals surface area contributed by atoms with Gasteiger partial charge < -0.3 is 10.4 Å². The lowest BCUT2D eigenvalue weighted by Crippen LogP contribution is -2.48. The van der Waals surface area contributed by atoms with Crippen molar-refractivity contribution in [1.82, 2.24) is 10.2 Å². The minimum Gasteiger partial charge on any atom is -0.508 e. The van der Waals surface area contributed by atoms with E-state index in [9.17, 15) is 9.50 Å². The molecule has 0 unspecified atom stereocenters. The summed E-state index contributed by atoms with van der Waals surface area (Å²) in [7, 11) is 0. The summed E-state index contributed by atoms with van der Waals surface area (Å²) in [6, 6.07) is 4.70. The van der Waals surface area contributed by atoms with Crippen LogP contribution in [-0.2, 0) is 6.54 Å². The number of hydrogen-bond donors (Lipinski definition) is 2. The van der Waals surface area contributed by atoms with E-state index in [4.69, 9.17) is 0 Å². The summed E-state index contributed by atoms with van der Waals surface area (Å²) in [5.74, 6) is -0.378. The fraction of sp³-hybridized carbons (Fsp3) is 0.500. The molecule has 2 N–H and O–H groups in total. The molecular weight excluding hydrogens is 243 g/mol. The first-order chi connectivity index (χ1) is 7.63. The van der Waals surface area contributed by atoms with Gasteiger partial charge in [-0.25, -0.2) is 4.39 Å². The van der Waals surface area contributed by atoms with Gasteiger partial charge in [0, 0.05) is 38.3 Å². The molecule has 5 heteroatoms. The Labute approximate surface area is 107 Å². The second-order valence-electron chi connectivity index (χ2n) is 4.41. The zero-order valence-electron chi connectivity index (χ0n) is 9.82. The molecule has 0 bridgehead atoms. The van der Waals surface area contributed by atoms with Crippen molar-refractivity contribution in [3.05, 3.63) is 29.6 Å². The number of benzene rings is 1. The Morgan fingerprint density at radius 1 is 1.47 bits per heavy atom. The molecule has 1 aromatic carbocycles. The Bertz CT molecular complexity index is 355. The quantitative estimate of drug-likeness (QED) is 0.851. The van der Waals surface area contributed by atoms with Crippen molar-refractivity contribution < 1.29 is 9.50 Å². The Hall–Kier alpha value is -0.840. The predicted octanol–water partition coefficient (Wildman–Crippen LogP) is 1.75. The Morgan fingerprint density at radius 2 is 2.24 bits per heavy atom. The van der Waals surface area contributed by atoms with Crippen molar-refractivity contribution in [2.24, 2.45) is 0 Å². The van der Waals surface area contributed by atoms with Gasteiger partial charge in [0.2, 0.25) is 0 Å². The van der Waals surface area contributed by atoms with Crippen LogP contribution in [-0.4, -0.2) is 35.7 Å². The van der Waals surface area contributed by atoms with Crippen molar-refractivity contribution in [2.75, 3.05) is 19.6 Å². The zero-order valence-corrected chi connectivity index (χ0v) is 10.6. The van der Waals surface area contributed by atoms with E-state index in [2.05, 4.69) is 17.1 Å². The fourth-order valence-electron chi connectivity index (χ4n) is 2.14. The molecule has 1 atom stereocenters. The van der Waals surface area contributed by atoms with Crippen LogP contribution in [0.4, 0.5) is 4.39 Å². The summed E-state index contributed by atoms with van der Waals surface area (Å²) in [6.07, 6.45) is 0. The zero-order chi connectivity index (χ0) is 11.5. The van der Waals surface area contributed by atoms with Gasteiger partial charge in [-0.15, -0.1) is 12.4 Å². The summed E-state index contributed by atoms with van der Waals surface area (Å²) >= 11 is 0. The Kier molecular flexibility index (Phi) is 5.18. The highest BCUT2D eigenvalue weighted by atomic mass is 35.5. The van der Waals surface area contributed by atoms with Gasteiger partial charge in [0.05, 0.1) is 0 Å². The van der Waals surface area contributed by atoms with Gasteiger partial charge in [0.15, 0.2) is 0 Å². The standard InChI is InChI=1S/C12H17FN2O.ClH/c1-9-7-15(3-2-14-9)8-10-4-11(13)6-12(16)5-10;/h4-6,9,14,16H,2-3,7-8H2,1H3;1H/t9-;/m1./s1. The van der Waals surface area contributed by atoms with Crippen molar-refractivity contribution in [3.63, 3.8) is 0 Å². The van der Waals surface area contributed by atoms with E-state index in [0.29, 0.717) is 12.6 Å². The average Bonchev–Trinajstić information content (AvgIpc) is 2.15. The largest absolute Gasteiger partial charge is 0.508 e. The number of rotatable bonds is 2. The van der Waals surface area contributed by atoms with Crippen molar-refractivity contribution >= 4 is 12.4 Å². The lowest BCUT2D eigenvalue weighted by molar-refractivity contribution is 0.199. The highest BCUT2D eigenvalue weighted by Crippen LogP contribution is 2.16. The number of halogens is 2. The monoisotopic (exact) mass is 260 g/mol. The van der Waals surface area contributed by atoms with Crippen LogP contribution in [0.15, 0.2) is 18.2 Å². The molecule has 1 fully saturated rings. The molecule has 0 saturated carbocycles. The van der Waals surface area contributed by atoms with Gasteiger partial charge in [-0.2, -0.15) is 0 Å². The molecule has 0 aliphatic carbocycles. The molecule has 0 radical (unpaired) electrons. The van der Waals surface area contributed by atoms with Crippen LogP contribution in [0.3, 0.4) is 0 Å². The van der Waals surface area contributed by atoms with E-state index in [1.807, 2.05) is 0 Å². The average molecular weight is 261 g/mol. The van der Waals surface area contributed by atoms with Crippen LogP contribution in [0.2, 0.25) is 0 Å². The maximum atomic E-state index is 13.1. The van der Waals surface area contributed by atoms with Gasteiger partial charge in [-0.05, 0) is 24.6 Å². The molecule has 2 rings (SSSR count). The Balaban J connectivity index is 0.00000144. The molecule has 17 heavy (non-hydrogen) atoms. The molecule has 0 amide bonds. The highest BCUT2D eigenvalue weighted by molar-refractivity contribution is 5.85. The maximum Gasteiger partial charge on any atom is 0.127 e. The van der Waals surface area contributed by atoms with Crippen LogP contribution in [0, 0.1) is 5.82 Å². The van der Waals surface area contributed by atoms with E-state index in [1.54, 1.807) is 6.07 Å². The molecular formula is C12H18ClFN2O. The van der Waals surface area contributed by atoms with Crippen LogP contribution >= 0.6 is 12.4 Å². The normalized spacial score (nSPS) is 20.9. The topological polar surface area (TPSA) is 35.5 Å². The predicted molar refractivity (Wildman–Crippen MR) is 68.1 cm³/mol. The number of nitrogens with one attached hydrogen (secondary N) is 1. The third-order valence-electron chi connectivity index (χ3n) is 2.80. The maximum absolute atomic E-state index is 13.1. The van der Waals surface area contributed by atoms with Crippen molar-refractivity contribution in [1.29, 1.82) is 0 Å². The third-order valence-corrected chi connectivity index (χ3v) is 2.80. The first-order valence-electron chi connectivity index (χ1n) is 5.57. The molecule has 3 nitrogen and oxygen atoms in total. The SMILES string of the molecule is C[C@@H]1CN(Cc2cc(O)cc(F)c2)CCN1.Cl. The fourth-order valence-corrected chi connectivity index (χ4v) is 2.14. The first-order valence-corrected chi connectivity index (χ1v) is 5.57. The van der Waals surface area contributed by atoms with Crippen LogP contribution in [0.25, 0.3) is 0 Å². The molecule has 0 aromatic heterocycles. The third kappa shape index (κ3) is 4.15. The van der Waals surface area contributed by atoms with E-state index >= 15 is 0 Å². The van der Waals surface area contributed by atoms with Gasteiger partial charge >= 0.3 is 0 Å². The van der Waals surface area contributed by atoms with Gasteiger partial charge in [0.1, 0.15) is 11.6 Å². The highest BCUT2D eigenvalue weighted by Gasteiger charge is 2.15. The van der Waals surface area contributed by atoms with E-state index < -0.39 is 0 Å². The van der Waals surface area contributed by atoms with Crippen LogP contribution in [0.1, 0.15) is 12.5 Å². The van der Waals surface area contributed by atoms with Crippen LogP contribution < -0.4 is 5.32 Å². The molecule has 1 aromatic rings. The smallest absolute Gasteiger partial charge is 0.127 e.